The molecule has 0 amide bonds. The molecule has 1 heterocycles. The van der Waals surface area contributed by atoms with Gasteiger partial charge in [-0.2, -0.15) is 0 Å². The SMILES string of the molecule is C=CCN1CCCc2c1ccc(NC(=C)Cc1ccccc1)c2C. The summed E-state index contributed by atoms with van der Waals surface area (Å²) in [6.07, 6.45) is 5.18. The second-order valence-corrected chi connectivity index (χ2v) is 6.46. The molecule has 1 N–H and O–H groups in total. The van der Waals surface area contributed by atoms with Crippen molar-refractivity contribution < 1.29 is 0 Å². The van der Waals surface area contributed by atoms with Crippen molar-refractivity contribution >= 4 is 11.4 Å². The first-order valence-corrected chi connectivity index (χ1v) is 8.66. The Morgan fingerprint density at radius 1 is 1.21 bits per heavy atom. The minimum Gasteiger partial charge on any atom is -0.368 e. The van der Waals surface area contributed by atoms with Gasteiger partial charge in [0.15, 0.2) is 0 Å². The number of nitrogens with one attached hydrogen (secondary N) is 1. The molecule has 2 aromatic carbocycles. The predicted molar refractivity (Wildman–Crippen MR) is 105 cm³/mol. The van der Waals surface area contributed by atoms with E-state index >= 15 is 0 Å². The van der Waals surface area contributed by atoms with Crippen LogP contribution in [0.25, 0.3) is 0 Å². The number of fused-ring (bicyclic) bond motifs is 1. The number of rotatable bonds is 6. The summed E-state index contributed by atoms with van der Waals surface area (Å²) in [6.45, 7) is 12.3. The zero-order valence-corrected chi connectivity index (χ0v) is 14.5. The molecule has 0 aliphatic carbocycles. The molecule has 0 atom stereocenters. The molecule has 1 aliphatic rings. The van der Waals surface area contributed by atoms with Crippen LogP contribution < -0.4 is 10.2 Å². The number of hydrogen-bond acceptors (Lipinski definition) is 2. The van der Waals surface area contributed by atoms with Crippen molar-refractivity contribution in [1.82, 2.24) is 0 Å². The third kappa shape index (κ3) is 3.53. The first-order chi connectivity index (χ1) is 11.7. The lowest BCUT2D eigenvalue weighted by Crippen LogP contribution is -2.29. The van der Waals surface area contributed by atoms with E-state index in [0.29, 0.717) is 0 Å². The summed E-state index contributed by atoms with van der Waals surface area (Å²) in [5.74, 6) is 0. The Balaban J connectivity index is 1.77. The summed E-state index contributed by atoms with van der Waals surface area (Å²) in [6, 6.07) is 14.9. The van der Waals surface area contributed by atoms with E-state index in [9.17, 15) is 0 Å². The summed E-state index contributed by atoms with van der Waals surface area (Å²) in [5, 5.41) is 3.52. The van der Waals surface area contributed by atoms with E-state index in [2.05, 4.69) is 66.7 Å². The minimum absolute atomic E-state index is 0.847. The maximum atomic E-state index is 4.21. The lowest BCUT2D eigenvalue weighted by Gasteiger charge is -2.32. The third-order valence-corrected chi connectivity index (χ3v) is 4.69. The molecule has 2 aromatic rings. The normalized spacial score (nSPS) is 13.3. The zero-order valence-electron chi connectivity index (χ0n) is 14.5. The van der Waals surface area contributed by atoms with Crippen LogP contribution in [0.3, 0.4) is 0 Å². The van der Waals surface area contributed by atoms with Crippen LogP contribution in [0.15, 0.2) is 67.4 Å². The summed E-state index contributed by atoms with van der Waals surface area (Å²) >= 11 is 0. The van der Waals surface area contributed by atoms with Gasteiger partial charge in [0, 0.05) is 36.6 Å². The highest BCUT2D eigenvalue weighted by atomic mass is 15.1. The highest BCUT2D eigenvalue weighted by Crippen LogP contribution is 2.34. The van der Waals surface area contributed by atoms with Crippen molar-refractivity contribution in [3.8, 4) is 0 Å². The van der Waals surface area contributed by atoms with Crippen molar-refractivity contribution in [2.45, 2.75) is 26.2 Å². The van der Waals surface area contributed by atoms with Crippen LogP contribution >= 0.6 is 0 Å². The fourth-order valence-electron chi connectivity index (χ4n) is 3.48. The molecular weight excluding hydrogens is 292 g/mol. The third-order valence-electron chi connectivity index (χ3n) is 4.69. The van der Waals surface area contributed by atoms with E-state index in [1.807, 2.05) is 12.1 Å². The molecule has 0 saturated heterocycles. The van der Waals surface area contributed by atoms with E-state index in [4.69, 9.17) is 0 Å². The average Bonchev–Trinajstić information content (AvgIpc) is 2.59. The van der Waals surface area contributed by atoms with Crippen LogP contribution in [0.2, 0.25) is 0 Å². The fourth-order valence-corrected chi connectivity index (χ4v) is 3.48. The number of allylic oxidation sites excluding steroid dienone is 1. The van der Waals surface area contributed by atoms with Crippen molar-refractivity contribution in [2.24, 2.45) is 0 Å². The molecule has 0 radical (unpaired) electrons. The number of nitrogens with zero attached hydrogens (tertiary/aromatic N) is 1. The maximum Gasteiger partial charge on any atom is 0.0415 e. The van der Waals surface area contributed by atoms with Gasteiger partial charge >= 0.3 is 0 Å². The first-order valence-electron chi connectivity index (χ1n) is 8.66. The van der Waals surface area contributed by atoms with E-state index in [1.54, 1.807) is 0 Å². The van der Waals surface area contributed by atoms with Gasteiger partial charge in [0.25, 0.3) is 0 Å². The fraction of sp³-hybridized carbons (Fsp3) is 0.273. The van der Waals surface area contributed by atoms with E-state index < -0.39 is 0 Å². The Bertz CT molecular complexity index is 731. The second kappa shape index (κ2) is 7.39. The van der Waals surface area contributed by atoms with Crippen LogP contribution in [-0.4, -0.2) is 13.1 Å². The van der Waals surface area contributed by atoms with Crippen molar-refractivity contribution in [1.29, 1.82) is 0 Å². The van der Waals surface area contributed by atoms with Crippen molar-refractivity contribution in [3.63, 3.8) is 0 Å². The second-order valence-electron chi connectivity index (χ2n) is 6.46. The van der Waals surface area contributed by atoms with Gasteiger partial charge in [0.1, 0.15) is 0 Å². The number of hydrogen-bond donors (Lipinski definition) is 1. The molecule has 24 heavy (non-hydrogen) atoms. The minimum atomic E-state index is 0.847. The Labute approximate surface area is 145 Å². The van der Waals surface area contributed by atoms with Crippen LogP contribution in [0.1, 0.15) is 23.1 Å². The standard InChI is InChI=1S/C22H26N2/c1-4-14-24-15-8-11-20-18(3)21(12-13-22(20)24)23-17(2)16-19-9-6-5-7-10-19/h4-7,9-10,12-13,23H,1-2,8,11,14-16H2,3H3. The Kier molecular flexibility index (Phi) is 5.05. The summed E-state index contributed by atoms with van der Waals surface area (Å²) in [7, 11) is 0. The monoisotopic (exact) mass is 318 g/mol. The Morgan fingerprint density at radius 3 is 2.75 bits per heavy atom. The molecule has 0 aromatic heterocycles. The van der Waals surface area contributed by atoms with E-state index in [1.165, 1.54) is 34.5 Å². The first kappa shape index (κ1) is 16.4. The molecule has 3 rings (SSSR count). The largest absolute Gasteiger partial charge is 0.368 e. The molecule has 2 nitrogen and oxygen atoms in total. The van der Waals surface area contributed by atoms with Gasteiger partial charge in [0.2, 0.25) is 0 Å². The lowest BCUT2D eigenvalue weighted by atomic mass is 9.95. The highest BCUT2D eigenvalue weighted by Gasteiger charge is 2.19. The van der Waals surface area contributed by atoms with Crippen LogP contribution in [0, 0.1) is 6.92 Å². The predicted octanol–water partition coefficient (Wildman–Crippen LogP) is 5.10. The zero-order chi connectivity index (χ0) is 16.9. The summed E-state index contributed by atoms with van der Waals surface area (Å²) in [4.78, 5) is 2.42. The van der Waals surface area contributed by atoms with Crippen LogP contribution in [-0.2, 0) is 12.8 Å². The van der Waals surface area contributed by atoms with Gasteiger partial charge < -0.3 is 10.2 Å². The quantitative estimate of drug-likeness (QED) is 0.745. The smallest absolute Gasteiger partial charge is 0.0415 e. The molecule has 0 bridgehead atoms. The summed E-state index contributed by atoms with van der Waals surface area (Å²) < 4.78 is 0. The van der Waals surface area contributed by atoms with Gasteiger partial charge in [-0.1, -0.05) is 43.0 Å². The van der Waals surface area contributed by atoms with Gasteiger partial charge in [-0.15, -0.1) is 6.58 Å². The van der Waals surface area contributed by atoms with Crippen molar-refractivity contribution in [3.05, 3.63) is 84.1 Å². The summed E-state index contributed by atoms with van der Waals surface area (Å²) in [5.41, 5.74) is 7.65. The molecule has 0 unspecified atom stereocenters. The molecule has 2 heteroatoms. The van der Waals surface area contributed by atoms with Crippen LogP contribution in [0.4, 0.5) is 11.4 Å². The van der Waals surface area contributed by atoms with E-state index in [0.717, 1.165) is 31.6 Å². The average molecular weight is 318 g/mol. The van der Waals surface area contributed by atoms with Gasteiger partial charge in [-0.25, -0.2) is 0 Å². The molecule has 124 valence electrons. The number of benzene rings is 2. The van der Waals surface area contributed by atoms with Gasteiger partial charge in [-0.05, 0) is 48.6 Å². The Morgan fingerprint density at radius 2 is 2.00 bits per heavy atom. The molecule has 0 spiro atoms. The highest BCUT2D eigenvalue weighted by molar-refractivity contribution is 5.68. The topological polar surface area (TPSA) is 15.3 Å². The molecular formula is C22H26N2. The van der Waals surface area contributed by atoms with Crippen LogP contribution in [0.5, 0.6) is 0 Å². The van der Waals surface area contributed by atoms with Gasteiger partial charge in [0.05, 0.1) is 0 Å². The Hall–Kier alpha value is -2.48. The molecule has 0 fully saturated rings. The van der Waals surface area contributed by atoms with Crippen molar-refractivity contribution in [2.75, 3.05) is 23.3 Å². The van der Waals surface area contributed by atoms with Gasteiger partial charge in [-0.3, -0.25) is 0 Å². The number of anilines is 2. The molecule has 1 aliphatic heterocycles. The lowest BCUT2D eigenvalue weighted by molar-refractivity contribution is 0.719. The maximum absolute atomic E-state index is 4.21. The van der Waals surface area contributed by atoms with E-state index in [-0.39, 0.29) is 0 Å². The molecule has 0 saturated carbocycles.